The Balaban J connectivity index is 1.47. The molecule has 220 valence electrons. The Hall–Kier alpha value is -4.96. The summed E-state index contributed by atoms with van der Waals surface area (Å²) < 4.78 is 6.51. The normalized spacial score (nSPS) is 12.3. The monoisotopic (exact) mass is 578 g/mol. The zero-order chi connectivity index (χ0) is 31.1. The Labute approximate surface area is 259 Å². The van der Waals surface area contributed by atoms with Crippen molar-refractivity contribution in [3.8, 4) is 39.5 Å². The van der Waals surface area contributed by atoms with E-state index in [1.807, 2.05) is 42.5 Å². The molecule has 0 aliphatic heterocycles. The summed E-state index contributed by atoms with van der Waals surface area (Å²) in [7, 11) is 0. The van der Waals surface area contributed by atoms with E-state index < -0.39 is 0 Å². The van der Waals surface area contributed by atoms with Gasteiger partial charge >= 0.3 is 0 Å². The van der Waals surface area contributed by atoms with Crippen LogP contribution in [0, 0.1) is 0 Å². The van der Waals surface area contributed by atoms with Gasteiger partial charge in [-0.3, -0.25) is 4.99 Å². The van der Waals surface area contributed by atoms with Crippen molar-refractivity contribution in [2.45, 2.75) is 52.4 Å². The van der Waals surface area contributed by atoms with Crippen molar-refractivity contribution in [1.29, 1.82) is 0 Å². The molecule has 0 radical (unpaired) electrons. The second-order valence-corrected chi connectivity index (χ2v) is 13.4. The first-order valence-electron chi connectivity index (χ1n) is 15.1. The number of phenolic OH excluding ortho intramolecular Hbond substituents is 1. The van der Waals surface area contributed by atoms with Gasteiger partial charge in [0.15, 0.2) is 5.58 Å². The minimum absolute atomic E-state index is 0.0450. The Morgan fingerprint density at radius 3 is 2.07 bits per heavy atom. The van der Waals surface area contributed by atoms with Crippen molar-refractivity contribution < 1.29 is 9.52 Å². The van der Waals surface area contributed by atoms with Gasteiger partial charge in [-0.2, -0.15) is 0 Å². The largest absolute Gasteiger partial charge is 0.507 e. The van der Waals surface area contributed by atoms with E-state index in [0.29, 0.717) is 17.1 Å². The Morgan fingerprint density at radius 1 is 0.636 bits per heavy atom. The molecule has 4 heteroatoms. The minimum Gasteiger partial charge on any atom is -0.507 e. The van der Waals surface area contributed by atoms with Crippen molar-refractivity contribution in [3.05, 3.63) is 126 Å². The van der Waals surface area contributed by atoms with Crippen LogP contribution in [0.2, 0.25) is 0 Å². The summed E-state index contributed by atoms with van der Waals surface area (Å²) in [5, 5.41) is 10.6. The van der Waals surface area contributed by atoms with E-state index in [1.165, 1.54) is 11.1 Å². The maximum Gasteiger partial charge on any atom is 0.229 e. The number of aromatic hydroxyl groups is 1. The number of aliphatic imine (C=N–C) groups is 1. The fourth-order valence-corrected chi connectivity index (χ4v) is 5.33. The first-order chi connectivity index (χ1) is 21.0. The molecule has 5 aromatic carbocycles. The summed E-state index contributed by atoms with van der Waals surface area (Å²) >= 11 is 0. The summed E-state index contributed by atoms with van der Waals surface area (Å²) in [6.07, 6.45) is 1.71. The molecule has 1 N–H and O–H groups in total. The lowest BCUT2D eigenvalue weighted by Gasteiger charge is -2.20. The van der Waals surface area contributed by atoms with Crippen molar-refractivity contribution in [2.24, 2.45) is 4.99 Å². The highest BCUT2D eigenvalue weighted by Crippen LogP contribution is 2.39. The highest BCUT2D eigenvalue weighted by Gasteiger charge is 2.22. The van der Waals surface area contributed by atoms with E-state index in [-0.39, 0.29) is 16.6 Å². The minimum atomic E-state index is -0.0846. The molecule has 44 heavy (non-hydrogen) atoms. The molecule has 0 aliphatic rings. The molecule has 0 saturated heterocycles. The summed E-state index contributed by atoms with van der Waals surface area (Å²) in [5.74, 6) is 0.699. The number of oxazole rings is 1. The van der Waals surface area contributed by atoms with Crippen LogP contribution in [0.1, 0.15) is 58.2 Å². The maximum absolute atomic E-state index is 10.6. The standard InChI is InChI=1S/C40H38N2O2/c1-39(2,3)30-19-20-35(43)29(22-30)25-41-34-18-11-10-17-32(34)38-42-37-33(23-31(40(4,5)6)24-36(37)44-38)28-16-12-15-27(21-28)26-13-8-7-9-14-26/h7-25,43H,1-6H3. The predicted octanol–water partition coefficient (Wildman–Crippen LogP) is 10.9. The number of fused-ring (bicyclic) bond motifs is 1. The fourth-order valence-electron chi connectivity index (χ4n) is 5.33. The van der Waals surface area contributed by atoms with Gasteiger partial charge in [-0.25, -0.2) is 4.98 Å². The summed E-state index contributed by atoms with van der Waals surface area (Å²) in [6, 6.07) is 36.9. The highest BCUT2D eigenvalue weighted by molar-refractivity contribution is 5.95. The second-order valence-electron chi connectivity index (χ2n) is 13.4. The smallest absolute Gasteiger partial charge is 0.229 e. The molecule has 0 bridgehead atoms. The lowest BCUT2D eigenvalue weighted by Crippen LogP contribution is -2.11. The Morgan fingerprint density at radius 2 is 1.32 bits per heavy atom. The summed E-state index contributed by atoms with van der Waals surface area (Å²) in [6.45, 7) is 13.1. The summed E-state index contributed by atoms with van der Waals surface area (Å²) in [5.41, 5.74) is 10.3. The third-order valence-corrected chi connectivity index (χ3v) is 8.01. The van der Waals surface area contributed by atoms with E-state index in [9.17, 15) is 5.11 Å². The van der Waals surface area contributed by atoms with Crippen LogP contribution in [0.5, 0.6) is 5.75 Å². The van der Waals surface area contributed by atoms with E-state index in [0.717, 1.165) is 38.9 Å². The third kappa shape index (κ3) is 5.93. The highest BCUT2D eigenvalue weighted by atomic mass is 16.3. The molecule has 0 amide bonds. The number of benzene rings is 5. The summed E-state index contributed by atoms with van der Waals surface area (Å²) in [4.78, 5) is 9.88. The molecule has 0 spiro atoms. The van der Waals surface area contributed by atoms with Gasteiger partial charge in [-0.15, -0.1) is 0 Å². The molecule has 1 aromatic heterocycles. The molecule has 6 aromatic rings. The molecule has 0 aliphatic carbocycles. The molecule has 0 saturated carbocycles. The molecule has 0 atom stereocenters. The quantitative estimate of drug-likeness (QED) is 0.207. The van der Waals surface area contributed by atoms with Gasteiger partial charge in [0.25, 0.3) is 0 Å². The van der Waals surface area contributed by atoms with E-state index in [4.69, 9.17) is 14.4 Å². The number of hydrogen-bond donors (Lipinski definition) is 1. The number of hydrogen-bond acceptors (Lipinski definition) is 4. The molecule has 6 rings (SSSR count). The van der Waals surface area contributed by atoms with Crippen LogP contribution in [0.25, 0.3) is 44.8 Å². The van der Waals surface area contributed by atoms with Crippen LogP contribution in [-0.4, -0.2) is 16.3 Å². The third-order valence-electron chi connectivity index (χ3n) is 8.01. The van der Waals surface area contributed by atoms with Crippen molar-refractivity contribution in [3.63, 3.8) is 0 Å². The lowest BCUT2D eigenvalue weighted by molar-refractivity contribution is 0.473. The van der Waals surface area contributed by atoms with Crippen LogP contribution >= 0.6 is 0 Å². The van der Waals surface area contributed by atoms with Gasteiger partial charge in [0.2, 0.25) is 5.89 Å². The van der Waals surface area contributed by atoms with E-state index >= 15 is 0 Å². The Kier molecular flexibility index (Phi) is 7.46. The average Bonchev–Trinajstić information content (AvgIpc) is 3.44. The predicted molar refractivity (Wildman–Crippen MR) is 183 cm³/mol. The molecule has 4 nitrogen and oxygen atoms in total. The van der Waals surface area contributed by atoms with E-state index in [1.54, 1.807) is 12.3 Å². The number of rotatable bonds is 5. The SMILES string of the molecule is CC(C)(C)c1ccc(O)c(C=Nc2ccccc2-c2nc3c(-c4cccc(-c5ccccc5)c4)cc(C(C)(C)C)cc3o2)c1. The van der Waals surface area contributed by atoms with Crippen LogP contribution in [0.3, 0.4) is 0 Å². The first-order valence-corrected chi connectivity index (χ1v) is 15.1. The first kappa shape index (κ1) is 29.1. The van der Waals surface area contributed by atoms with E-state index in [2.05, 4.69) is 102 Å². The van der Waals surface area contributed by atoms with Crippen LogP contribution in [-0.2, 0) is 10.8 Å². The zero-order valence-electron chi connectivity index (χ0n) is 26.2. The molecule has 0 fully saturated rings. The van der Waals surface area contributed by atoms with Gasteiger partial charge in [0, 0.05) is 17.3 Å². The lowest BCUT2D eigenvalue weighted by atomic mass is 9.85. The number of nitrogens with zero attached hydrogens (tertiary/aromatic N) is 2. The molecule has 1 heterocycles. The van der Waals surface area contributed by atoms with Crippen molar-refractivity contribution in [1.82, 2.24) is 4.98 Å². The van der Waals surface area contributed by atoms with Gasteiger partial charge in [-0.05, 0) is 81.1 Å². The fraction of sp³-hybridized carbons (Fsp3) is 0.200. The average molecular weight is 579 g/mol. The maximum atomic E-state index is 10.6. The van der Waals surface area contributed by atoms with Crippen LogP contribution in [0.15, 0.2) is 119 Å². The second kappa shape index (κ2) is 11.3. The van der Waals surface area contributed by atoms with Gasteiger partial charge in [0.1, 0.15) is 11.3 Å². The topological polar surface area (TPSA) is 58.6 Å². The number of aromatic nitrogens is 1. The van der Waals surface area contributed by atoms with Gasteiger partial charge < -0.3 is 9.52 Å². The zero-order valence-corrected chi connectivity index (χ0v) is 26.2. The van der Waals surface area contributed by atoms with Gasteiger partial charge in [-0.1, -0.05) is 108 Å². The number of phenols is 1. The molecule has 0 unspecified atom stereocenters. The molecular formula is C40H38N2O2. The van der Waals surface area contributed by atoms with Crippen LogP contribution in [0.4, 0.5) is 5.69 Å². The Bertz CT molecular complexity index is 1990. The van der Waals surface area contributed by atoms with Gasteiger partial charge in [0.05, 0.1) is 11.3 Å². The van der Waals surface area contributed by atoms with Crippen molar-refractivity contribution >= 4 is 23.0 Å². The van der Waals surface area contributed by atoms with Crippen LogP contribution < -0.4 is 0 Å². The molecular weight excluding hydrogens is 540 g/mol. The van der Waals surface area contributed by atoms with Crippen molar-refractivity contribution in [2.75, 3.05) is 0 Å². The number of para-hydroxylation sites is 1.